The summed E-state index contributed by atoms with van der Waals surface area (Å²) in [7, 11) is -1.33. The van der Waals surface area contributed by atoms with Gasteiger partial charge in [-0.2, -0.15) is 0 Å². The molecule has 0 saturated heterocycles. The van der Waals surface area contributed by atoms with Gasteiger partial charge in [-0.25, -0.2) is 0 Å². The molecule has 0 aromatic heterocycles. The van der Waals surface area contributed by atoms with Gasteiger partial charge < -0.3 is 0 Å². The Bertz CT molecular complexity index is 325. The highest BCUT2D eigenvalue weighted by Gasteiger charge is 2.18. The Balaban J connectivity index is 2.41. The quantitative estimate of drug-likeness (QED) is 0.484. The average molecular weight is 246 g/mol. The minimum absolute atomic E-state index is 1.25. The van der Waals surface area contributed by atoms with E-state index < -0.39 is 8.07 Å². The summed E-state index contributed by atoms with van der Waals surface area (Å²) in [6.45, 7) is 7.11. The largest absolute Gasteiger partial charge is 0.103 e. The molecule has 0 bridgehead atoms. The molecule has 0 nitrogen and oxygen atoms in total. The highest BCUT2D eigenvalue weighted by molar-refractivity contribution is 6.93. The third-order valence-electron chi connectivity index (χ3n) is 3.28. The van der Waals surface area contributed by atoms with E-state index in [0.717, 1.165) is 0 Å². The maximum absolute atomic E-state index is 2.49. The Hall–Kier alpha value is -0.823. The number of hydrogen-bond donors (Lipinski definition) is 0. The van der Waals surface area contributed by atoms with Crippen molar-refractivity contribution in [3.05, 3.63) is 42.1 Å². The first-order chi connectivity index (χ1) is 8.17. The number of benzene rings is 1. The number of allylic oxidation sites excluding steroid dienone is 1. The van der Waals surface area contributed by atoms with Crippen LogP contribution in [0, 0.1) is 0 Å². The van der Waals surface area contributed by atoms with Crippen LogP contribution in [0.3, 0.4) is 0 Å². The van der Waals surface area contributed by atoms with E-state index in [1.54, 1.807) is 0 Å². The van der Waals surface area contributed by atoms with Gasteiger partial charge >= 0.3 is 0 Å². The second-order valence-electron chi connectivity index (χ2n) is 5.34. The molecule has 1 rings (SSSR count). The van der Waals surface area contributed by atoms with Gasteiger partial charge in [-0.15, -0.1) is 0 Å². The molecule has 0 N–H and O–H groups in total. The molecule has 1 aromatic rings. The van der Waals surface area contributed by atoms with Gasteiger partial charge in [0.05, 0.1) is 0 Å². The van der Waals surface area contributed by atoms with Crippen molar-refractivity contribution < 1.29 is 0 Å². The smallest absolute Gasteiger partial charge is 0.0943 e. The maximum atomic E-state index is 2.49. The lowest BCUT2D eigenvalue weighted by molar-refractivity contribution is 0.674. The third-order valence-corrected chi connectivity index (χ3v) is 6.17. The summed E-state index contributed by atoms with van der Waals surface area (Å²) < 4.78 is 0. The second-order valence-corrected chi connectivity index (χ2v) is 9.69. The van der Waals surface area contributed by atoms with Crippen molar-refractivity contribution >= 4 is 13.3 Å². The van der Waals surface area contributed by atoms with E-state index in [0.29, 0.717) is 0 Å². The van der Waals surface area contributed by atoms with E-state index >= 15 is 0 Å². The summed E-state index contributed by atoms with van der Waals surface area (Å²) in [4.78, 5) is 0. The number of unbranched alkanes of at least 4 members (excludes halogenated alkanes) is 4. The van der Waals surface area contributed by atoms with Crippen LogP contribution in [-0.4, -0.2) is 8.07 Å². The van der Waals surface area contributed by atoms with Gasteiger partial charge in [0, 0.05) is 0 Å². The molecule has 0 aliphatic heterocycles. The topological polar surface area (TPSA) is 0 Å². The fraction of sp³-hybridized carbons (Fsp3) is 0.500. The summed E-state index contributed by atoms with van der Waals surface area (Å²) in [6, 6.07) is 10.9. The van der Waals surface area contributed by atoms with Crippen molar-refractivity contribution in [2.45, 2.75) is 52.1 Å². The van der Waals surface area contributed by atoms with Crippen LogP contribution in [0.25, 0.3) is 0 Å². The molecule has 1 heteroatoms. The van der Waals surface area contributed by atoms with Crippen LogP contribution < -0.4 is 5.19 Å². The Kier molecular flexibility index (Phi) is 6.28. The predicted molar refractivity (Wildman–Crippen MR) is 81.5 cm³/mol. The molecule has 0 atom stereocenters. The predicted octanol–water partition coefficient (Wildman–Crippen LogP) is 4.67. The minimum Gasteiger partial charge on any atom is -0.0943 e. The van der Waals surface area contributed by atoms with Gasteiger partial charge in [0.1, 0.15) is 8.07 Å². The van der Waals surface area contributed by atoms with Gasteiger partial charge in [-0.1, -0.05) is 86.6 Å². The lowest BCUT2D eigenvalue weighted by Crippen LogP contribution is -2.39. The monoisotopic (exact) mass is 246 g/mol. The van der Waals surface area contributed by atoms with E-state index in [9.17, 15) is 0 Å². The molecule has 0 amide bonds. The molecule has 0 spiro atoms. The van der Waals surface area contributed by atoms with E-state index in [4.69, 9.17) is 0 Å². The van der Waals surface area contributed by atoms with E-state index in [2.05, 4.69) is 62.1 Å². The third kappa shape index (κ3) is 5.36. The summed E-state index contributed by atoms with van der Waals surface area (Å²) in [5.74, 6) is 0. The van der Waals surface area contributed by atoms with Crippen LogP contribution in [0.5, 0.6) is 0 Å². The molecular weight excluding hydrogens is 220 g/mol. The zero-order valence-electron chi connectivity index (χ0n) is 11.6. The van der Waals surface area contributed by atoms with Crippen molar-refractivity contribution in [1.29, 1.82) is 0 Å². The normalized spacial score (nSPS) is 12.2. The van der Waals surface area contributed by atoms with Crippen molar-refractivity contribution in [3.63, 3.8) is 0 Å². The van der Waals surface area contributed by atoms with Crippen molar-refractivity contribution in [2.24, 2.45) is 0 Å². The van der Waals surface area contributed by atoms with Gasteiger partial charge in [0.25, 0.3) is 0 Å². The van der Waals surface area contributed by atoms with Crippen LogP contribution in [-0.2, 0) is 0 Å². The van der Waals surface area contributed by atoms with Gasteiger partial charge in [-0.05, 0) is 12.8 Å². The summed E-state index contributed by atoms with van der Waals surface area (Å²) in [5, 5.41) is 1.53. The van der Waals surface area contributed by atoms with Crippen LogP contribution in [0.2, 0.25) is 13.1 Å². The van der Waals surface area contributed by atoms with Crippen LogP contribution in [0.4, 0.5) is 0 Å². The molecule has 17 heavy (non-hydrogen) atoms. The van der Waals surface area contributed by atoms with Gasteiger partial charge in [0.2, 0.25) is 0 Å². The van der Waals surface area contributed by atoms with Crippen molar-refractivity contribution in [2.75, 3.05) is 0 Å². The lowest BCUT2D eigenvalue weighted by Gasteiger charge is -2.18. The molecule has 0 aliphatic rings. The zero-order chi connectivity index (χ0) is 12.6. The SMILES string of the molecule is CCCCCC/C=C\[Si](C)(C)c1ccccc1. The fourth-order valence-corrected chi connectivity index (χ4v) is 4.03. The Morgan fingerprint density at radius 1 is 1.00 bits per heavy atom. The summed E-state index contributed by atoms with van der Waals surface area (Å²) >= 11 is 0. The first-order valence-corrected chi connectivity index (χ1v) is 9.98. The molecule has 0 saturated carbocycles. The van der Waals surface area contributed by atoms with E-state index in [1.165, 1.54) is 37.3 Å². The van der Waals surface area contributed by atoms with E-state index in [1.807, 2.05) is 0 Å². The maximum Gasteiger partial charge on any atom is 0.103 e. The minimum atomic E-state index is -1.33. The van der Waals surface area contributed by atoms with Crippen molar-refractivity contribution in [3.8, 4) is 0 Å². The van der Waals surface area contributed by atoms with Gasteiger partial charge in [-0.3, -0.25) is 0 Å². The number of rotatable bonds is 7. The van der Waals surface area contributed by atoms with Crippen LogP contribution in [0.15, 0.2) is 42.1 Å². The second kappa shape index (κ2) is 7.49. The molecule has 0 radical (unpaired) electrons. The zero-order valence-corrected chi connectivity index (χ0v) is 12.6. The molecular formula is C16H26Si. The molecule has 0 fully saturated rings. The molecule has 0 heterocycles. The highest BCUT2D eigenvalue weighted by Crippen LogP contribution is 2.08. The Morgan fingerprint density at radius 2 is 1.71 bits per heavy atom. The Labute approximate surface area is 108 Å². The molecule has 94 valence electrons. The van der Waals surface area contributed by atoms with E-state index in [-0.39, 0.29) is 0 Å². The lowest BCUT2D eigenvalue weighted by atomic mass is 10.2. The van der Waals surface area contributed by atoms with Crippen LogP contribution >= 0.6 is 0 Å². The van der Waals surface area contributed by atoms with Crippen molar-refractivity contribution in [1.82, 2.24) is 0 Å². The molecule has 1 aromatic carbocycles. The summed E-state index contributed by atoms with van der Waals surface area (Å²) in [6.07, 6.45) is 9.11. The fourth-order valence-electron chi connectivity index (χ4n) is 2.03. The molecule has 0 aliphatic carbocycles. The summed E-state index contributed by atoms with van der Waals surface area (Å²) in [5.41, 5.74) is 2.49. The first-order valence-electron chi connectivity index (χ1n) is 6.90. The number of hydrogen-bond acceptors (Lipinski definition) is 0. The first kappa shape index (κ1) is 14.2. The van der Waals surface area contributed by atoms with Gasteiger partial charge in [0.15, 0.2) is 0 Å². The standard InChI is InChI=1S/C16H26Si/c1-4-5-6-7-8-12-15-17(2,3)16-13-10-9-11-14-16/h9-15H,4-8H2,1-3H3/b15-12-. The van der Waals surface area contributed by atoms with Crippen LogP contribution in [0.1, 0.15) is 39.0 Å². The molecule has 0 unspecified atom stereocenters. The Morgan fingerprint density at radius 3 is 2.35 bits per heavy atom. The average Bonchev–Trinajstić information content (AvgIpc) is 2.35. The highest BCUT2D eigenvalue weighted by atomic mass is 28.3.